The predicted octanol–water partition coefficient (Wildman–Crippen LogP) is 1.94. The Balaban J connectivity index is 2.25. The summed E-state index contributed by atoms with van der Waals surface area (Å²) in [5.41, 5.74) is 0.476. The van der Waals surface area contributed by atoms with Gasteiger partial charge in [0.25, 0.3) is 10.0 Å². The molecule has 1 fully saturated rings. The third-order valence-corrected chi connectivity index (χ3v) is 6.97. The minimum atomic E-state index is -3.64. The Morgan fingerprint density at radius 3 is 2.86 bits per heavy atom. The number of ether oxygens (including phenoxy) is 1. The molecule has 0 aliphatic carbocycles. The molecule has 0 radical (unpaired) electrons. The summed E-state index contributed by atoms with van der Waals surface area (Å²) < 4.78 is 32.2. The van der Waals surface area contributed by atoms with Gasteiger partial charge in [0.1, 0.15) is 9.09 Å². The highest BCUT2D eigenvalue weighted by molar-refractivity contribution is 7.91. The third-order valence-electron chi connectivity index (χ3n) is 3.43. The van der Waals surface area contributed by atoms with Crippen LogP contribution in [0.5, 0.6) is 0 Å². The highest BCUT2D eigenvalue weighted by atomic mass is 32.2. The van der Waals surface area contributed by atoms with Gasteiger partial charge in [-0.1, -0.05) is 0 Å². The number of rotatable bonds is 5. The van der Waals surface area contributed by atoms with Crippen LogP contribution in [0, 0.1) is 6.92 Å². The lowest BCUT2D eigenvalue weighted by molar-refractivity contribution is 0.0265. The molecule has 1 aromatic rings. The Morgan fingerprint density at radius 1 is 1.57 bits per heavy atom. The maximum Gasteiger partial charge on any atom is 0.346 e. The minimum absolute atomic E-state index is 0.0759. The van der Waals surface area contributed by atoms with Crippen molar-refractivity contribution in [1.29, 1.82) is 0 Å². The quantitative estimate of drug-likeness (QED) is 0.890. The van der Waals surface area contributed by atoms with Gasteiger partial charge in [-0.25, -0.2) is 13.2 Å². The SMILES string of the molecule is CCOC1CCCN(S(=O)(=O)c2cc(C)c(C(=O)O)s2)C1. The lowest BCUT2D eigenvalue weighted by atomic mass is 10.1. The Morgan fingerprint density at radius 2 is 2.29 bits per heavy atom. The molecular weight excluding hydrogens is 314 g/mol. The average Bonchev–Trinajstić information content (AvgIpc) is 2.82. The second kappa shape index (κ2) is 6.43. The predicted molar refractivity (Wildman–Crippen MR) is 79.4 cm³/mol. The van der Waals surface area contributed by atoms with Crippen LogP contribution in [0.2, 0.25) is 0 Å². The lowest BCUT2D eigenvalue weighted by Crippen LogP contribution is -2.42. The smallest absolute Gasteiger partial charge is 0.346 e. The molecule has 1 aliphatic rings. The van der Waals surface area contributed by atoms with Gasteiger partial charge in [-0.2, -0.15) is 4.31 Å². The summed E-state index contributed by atoms with van der Waals surface area (Å²) in [5, 5.41) is 9.05. The van der Waals surface area contributed by atoms with Crippen molar-refractivity contribution in [2.75, 3.05) is 19.7 Å². The van der Waals surface area contributed by atoms with Gasteiger partial charge >= 0.3 is 5.97 Å². The largest absolute Gasteiger partial charge is 0.477 e. The number of aromatic carboxylic acids is 1. The molecule has 2 rings (SSSR count). The fourth-order valence-electron chi connectivity index (χ4n) is 2.41. The molecule has 2 heterocycles. The molecule has 8 heteroatoms. The Kier molecular flexibility index (Phi) is 5.03. The first-order chi connectivity index (χ1) is 9.86. The summed E-state index contributed by atoms with van der Waals surface area (Å²) in [5.74, 6) is -1.09. The second-order valence-corrected chi connectivity index (χ2v) is 8.18. The molecule has 0 aromatic carbocycles. The molecule has 21 heavy (non-hydrogen) atoms. The Hall–Kier alpha value is -0.960. The van der Waals surface area contributed by atoms with Crippen molar-refractivity contribution in [3.05, 3.63) is 16.5 Å². The number of piperidine rings is 1. The normalized spacial score (nSPS) is 20.6. The molecule has 0 saturated carbocycles. The lowest BCUT2D eigenvalue weighted by Gasteiger charge is -2.31. The maximum absolute atomic E-state index is 12.6. The zero-order valence-corrected chi connectivity index (χ0v) is 13.7. The fraction of sp³-hybridized carbons (Fsp3) is 0.615. The first kappa shape index (κ1) is 16.4. The number of hydrogen-bond acceptors (Lipinski definition) is 5. The number of aryl methyl sites for hydroxylation is 1. The van der Waals surface area contributed by atoms with Crippen molar-refractivity contribution >= 4 is 27.3 Å². The van der Waals surface area contributed by atoms with Crippen molar-refractivity contribution in [1.82, 2.24) is 4.31 Å². The Bertz CT molecular complexity index is 621. The van der Waals surface area contributed by atoms with E-state index < -0.39 is 16.0 Å². The van der Waals surface area contributed by atoms with Gasteiger partial charge in [0.15, 0.2) is 0 Å². The standard InChI is InChI=1S/C13H19NO5S2/c1-3-19-10-5-4-6-14(8-10)21(17,18)11-7-9(2)12(20-11)13(15)16/h7,10H,3-6,8H2,1-2H3,(H,15,16). The van der Waals surface area contributed by atoms with E-state index in [2.05, 4.69) is 0 Å². The summed E-state index contributed by atoms with van der Waals surface area (Å²) in [6, 6.07) is 1.44. The van der Waals surface area contributed by atoms with Crippen LogP contribution in [-0.4, -0.2) is 49.6 Å². The van der Waals surface area contributed by atoms with Crippen LogP contribution in [0.3, 0.4) is 0 Å². The highest BCUT2D eigenvalue weighted by Gasteiger charge is 2.32. The summed E-state index contributed by atoms with van der Waals surface area (Å²) in [6.45, 7) is 4.83. The molecule has 1 saturated heterocycles. The maximum atomic E-state index is 12.6. The van der Waals surface area contributed by atoms with Gasteiger partial charge in [0.2, 0.25) is 0 Å². The first-order valence-electron chi connectivity index (χ1n) is 6.81. The monoisotopic (exact) mass is 333 g/mol. The van der Waals surface area contributed by atoms with Crippen molar-refractivity contribution < 1.29 is 23.1 Å². The number of thiophene rings is 1. The summed E-state index contributed by atoms with van der Waals surface area (Å²) in [6.07, 6.45) is 1.52. The van der Waals surface area contributed by atoms with E-state index in [9.17, 15) is 13.2 Å². The van der Waals surface area contributed by atoms with Crippen molar-refractivity contribution in [3.8, 4) is 0 Å². The second-order valence-electron chi connectivity index (χ2n) is 4.97. The van der Waals surface area contributed by atoms with Gasteiger partial charge in [-0.05, 0) is 38.3 Å². The van der Waals surface area contributed by atoms with E-state index in [0.29, 0.717) is 25.3 Å². The van der Waals surface area contributed by atoms with Crippen LogP contribution in [0.1, 0.15) is 35.0 Å². The van der Waals surface area contributed by atoms with Gasteiger partial charge in [-0.15, -0.1) is 11.3 Å². The molecule has 118 valence electrons. The zero-order chi connectivity index (χ0) is 15.6. The van der Waals surface area contributed by atoms with E-state index in [1.807, 2.05) is 6.92 Å². The van der Waals surface area contributed by atoms with Gasteiger partial charge < -0.3 is 9.84 Å². The van der Waals surface area contributed by atoms with E-state index in [-0.39, 0.29) is 15.2 Å². The third kappa shape index (κ3) is 3.45. The van der Waals surface area contributed by atoms with Crippen molar-refractivity contribution in [2.45, 2.75) is 37.0 Å². The zero-order valence-electron chi connectivity index (χ0n) is 12.0. The molecule has 6 nitrogen and oxygen atoms in total. The first-order valence-corrected chi connectivity index (χ1v) is 9.07. The highest BCUT2D eigenvalue weighted by Crippen LogP contribution is 2.30. The topological polar surface area (TPSA) is 83.9 Å². The summed E-state index contributed by atoms with van der Waals surface area (Å²) in [7, 11) is -3.64. The van der Waals surface area contributed by atoms with Gasteiger partial charge in [0.05, 0.1) is 6.10 Å². The Labute approximate surface area is 128 Å². The molecule has 1 atom stereocenters. The van der Waals surface area contributed by atoms with Crippen LogP contribution >= 0.6 is 11.3 Å². The fourth-order valence-corrected chi connectivity index (χ4v) is 5.46. The number of carboxylic acids is 1. The van der Waals surface area contributed by atoms with E-state index in [0.717, 1.165) is 24.2 Å². The number of nitrogens with zero attached hydrogens (tertiary/aromatic N) is 1. The number of carbonyl (C=O) groups is 1. The molecule has 1 unspecified atom stereocenters. The van der Waals surface area contributed by atoms with Gasteiger partial charge in [0, 0.05) is 19.7 Å². The molecule has 1 aromatic heterocycles. The van der Waals surface area contributed by atoms with Crippen LogP contribution in [-0.2, 0) is 14.8 Å². The minimum Gasteiger partial charge on any atom is -0.477 e. The van der Waals surface area contributed by atoms with E-state index in [4.69, 9.17) is 9.84 Å². The van der Waals surface area contributed by atoms with Crippen molar-refractivity contribution in [3.63, 3.8) is 0 Å². The van der Waals surface area contributed by atoms with Crippen molar-refractivity contribution in [2.24, 2.45) is 0 Å². The van der Waals surface area contributed by atoms with E-state index >= 15 is 0 Å². The molecule has 0 bridgehead atoms. The summed E-state index contributed by atoms with van der Waals surface area (Å²) in [4.78, 5) is 11.1. The molecule has 1 aliphatic heterocycles. The molecular formula is C13H19NO5S2. The molecule has 1 N–H and O–H groups in total. The van der Waals surface area contributed by atoms with Crippen LogP contribution in [0.15, 0.2) is 10.3 Å². The molecule has 0 amide bonds. The average molecular weight is 333 g/mol. The summed E-state index contributed by atoms with van der Waals surface area (Å²) >= 11 is 0.813. The van der Waals surface area contributed by atoms with E-state index in [1.165, 1.54) is 10.4 Å². The number of carboxylic acid groups (broad SMARTS) is 1. The van der Waals surface area contributed by atoms with Gasteiger partial charge in [-0.3, -0.25) is 0 Å². The number of hydrogen-bond donors (Lipinski definition) is 1. The molecule has 0 spiro atoms. The van der Waals surface area contributed by atoms with E-state index in [1.54, 1.807) is 6.92 Å². The number of sulfonamides is 1. The van der Waals surface area contributed by atoms with Crippen LogP contribution < -0.4 is 0 Å². The van der Waals surface area contributed by atoms with Crippen LogP contribution in [0.25, 0.3) is 0 Å². The van der Waals surface area contributed by atoms with Crippen LogP contribution in [0.4, 0.5) is 0 Å².